The number of benzene rings is 4. The van der Waals surface area contributed by atoms with Crippen molar-refractivity contribution >= 4 is 74.2 Å². The molecule has 4 bridgehead atoms. The van der Waals surface area contributed by atoms with Gasteiger partial charge in [0, 0.05) is 83.0 Å². The van der Waals surface area contributed by atoms with E-state index in [1.807, 2.05) is 13.0 Å². The predicted octanol–water partition coefficient (Wildman–Crippen LogP) is 11.5. The third-order valence-electron chi connectivity index (χ3n) is 22.0. The molecule has 4 saturated carbocycles. The van der Waals surface area contributed by atoms with Gasteiger partial charge in [0.2, 0.25) is 11.8 Å². The number of pyridine rings is 1. The minimum atomic E-state index is -1.27. The Labute approximate surface area is 517 Å². The van der Waals surface area contributed by atoms with E-state index in [1.54, 1.807) is 24.3 Å². The SMILES string of the molecule is C#Cc1c(F)ccc2cc(O)cc(-c3ncc4c(N5CC6CCC(C5)N6)nc(OCC56CCCN5CC(F)C6)nc4c3F)c12.CCN1C(C(=O)NC23CCC(C(=O)O)(CC2)CC3)C(c2cccc(Cl)c2F)C2(C(=O)Nc3cc(Cl)ccc32)C12CCCCC2. The smallest absolute Gasteiger partial charge is 0.319 e. The van der Waals surface area contributed by atoms with Crippen LogP contribution in [0, 0.1) is 35.2 Å². The number of hydrogen-bond acceptors (Lipinski definition) is 12. The minimum absolute atomic E-state index is 0.00778. The van der Waals surface area contributed by atoms with Crippen molar-refractivity contribution in [3.8, 4) is 35.4 Å². The number of halogens is 6. The molecule has 7 atom stereocenters. The summed E-state index contributed by atoms with van der Waals surface area (Å²) >= 11 is 12.8. The quantitative estimate of drug-likeness (QED) is 0.0645. The van der Waals surface area contributed by atoms with Gasteiger partial charge in [0.25, 0.3) is 0 Å². The molecule has 2 amide bonds. The molecule has 2 spiro atoms. The number of nitrogens with zero attached hydrogens (tertiary/aromatic N) is 6. The normalized spacial score (nSPS) is 30.1. The Morgan fingerprint density at radius 1 is 0.898 bits per heavy atom. The van der Waals surface area contributed by atoms with E-state index < -0.39 is 69.0 Å². The number of aromatic nitrogens is 3. The van der Waals surface area contributed by atoms with Gasteiger partial charge in [0.05, 0.1) is 33.0 Å². The minimum Gasteiger partial charge on any atom is -0.508 e. The van der Waals surface area contributed by atoms with Crippen LogP contribution >= 0.6 is 23.2 Å². The summed E-state index contributed by atoms with van der Waals surface area (Å²) in [6.45, 7) is 5.29. The van der Waals surface area contributed by atoms with Crippen LogP contribution in [0.4, 0.5) is 29.1 Å². The largest absolute Gasteiger partial charge is 0.508 e. The monoisotopic (exact) mass is 1240 g/mol. The fourth-order valence-electron chi connectivity index (χ4n) is 18.0. The lowest BCUT2D eigenvalue weighted by atomic mass is 9.55. The topological polar surface area (TPSA) is 185 Å². The number of alkyl halides is 1. The highest BCUT2D eigenvalue weighted by atomic mass is 35.5. The molecule has 16 rings (SSSR count). The molecule has 0 radical (unpaired) electrons. The van der Waals surface area contributed by atoms with Crippen LogP contribution in [0.1, 0.15) is 132 Å². The van der Waals surface area contributed by atoms with Crippen LogP contribution in [0.5, 0.6) is 11.8 Å². The number of aliphatic carboxylic acids is 1. The number of anilines is 2. The molecule has 6 aromatic rings. The van der Waals surface area contributed by atoms with Crippen molar-refractivity contribution in [3.05, 3.63) is 111 Å². The maximum absolute atomic E-state index is 16.7. The van der Waals surface area contributed by atoms with Gasteiger partial charge in [-0.2, -0.15) is 9.97 Å². The molecule has 10 aliphatic rings. The first-order chi connectivity index (χ1) is 42.4. The summed E-state index contributed by atoms with van der Waals surface area (Å²) in [6, 6.07) is 15.4. The lowest BCUT2D eigenvalue weighted by molar-refractivity contribution is -0.157. The van der Waals surface area contributed by atoms with Crippen molar-refractivity contribution in [2.45, 2.75) is 162 Å². The predicted molar refractivity (Wildman–Crippen MR) is 327 cm³/mol. The molecular weight excluding hydrogens is 1170 g/mol. The number of piperazine rings is 1. The molecule has 5 N–H and O–H groups in total. The number of aromatic hydroxyl groups is 1. The fraction of sp³-hybridized carbons (Fsp3) is 0.493. The second-order valence-electron chi connectivity index (χ2n) is 26.3. The number of nitrogens with one attached hydrogen (secondary N) is 3. The molecule has 5 saturated heterocycles. The third-order valence-corrected chi connectivity index (χ3v) is 22.5. The van der Waals surface area contributed by atoms with E-state index >= 15 is 8.78 Å². The number of carboxylic acids is 1. The summed E-state index contributed by atoms with van der Waals surface area (Å²) in [5.74, 6) is -1.38. The lowest BCUT2D eigenvalue weighted by Gasteiger charge is -2.52. The highest BCUT2D eigenvalue weighted by molar-refractivity contribution is 6.31. The van der Waals surface area contributed by atoms with E-state index in [0.29, 0.717) is 123 Å². The number of phenols is 1. The average Bonchev–Trinajstić information content (AvgIpc) is 1.52. The van der Waals surface area contributed by atoms with Crippen LogP contribution in [0.3, 0.4) is 0 Å². The number of hydrogen-bond donors (Lipinski definition) is 5. The first-order valence-electron chi connectivity index (χ1n) is 31.0. The van der Waals surface area contributed by atoms with Gasteiger partial charge < -0.3 is 35.8 Å². The molecule has 8 heterocycles. The number of fused-ring (bicyclic) bond motifs is 11. The Morgan fingerprint density at radius 3 is 2.36 bits per heavy atom. The van der Waals surface area contributed by atoms with Gasteiger partial charge in [0.1, 0.15) is 52.6 Å². The van der Waals surface area contributed by atoms with E-state index in [9.17, 15) is 33.4 Å². The molecule has 15 nitrogen and oxygen atoms in total. The van der Waals surface area contributed by atoms with Gasteiger partial charge in [0.15, 0.2) is 5.82 Å². The molecule has 7 unspecified atom stereocenters. The number of phenolic OH excluding ortho intramolecular Hbond substituents is 1. The van der Waals surface area contributed by atoms with Crippen molar-refractivity contribution in [2.24, 2.45) is 5.41 Å². The summed E-state index contributed by atoms with van der Waals surface area (Å²) in [5.41, 5.74) is -2.14. The first-order valence-corrected chi connectivity index (χ1v) is 31.8. The van der Waals surface area contributed by atoms with Gasteiger partial charge in [-0.05, 0) is 143 Å². The molecule has 21 heteroatoms. The lowest BCUT2D eigenvalue weighted by Crippen LogP contribution is -2.63. The van der Waals surface area contributed by atoms with Crippen molar-refractivity contribution in [3.63, 3.8) is 0 Å². The maximum Gasteiger partial charge on any atom is 0.319 e. The molecule has 4 aromatic carbocycles. The summed E-state index contributed by atoms with van der Waals surface area (Å²) in [4.78, 5) is 62.0. The van der Waals surface area contributed by atoms with Gasteiger partial charge in [-0.15, -0.1) is 6.42 Å². The van der Waals surface area contributed by atoms with Crippen LogP contribution in [-0.2, 0) is 19.8 Å². The molecule has 460 valence electrons. The van der Waals surface area contributed by atoms with E-state index in [2.05, 4.69) is 46.5 Å². The molecule has 4 aliphatic carbocycles. The maximum atomic E-state index is 16.7. The molecule has 2 aromatic heterocycles. The van der Waals surface area contributed by atoms with Gasteiger partial charge in [-0.25, -0.2) is 17.6 Å². The van der Waals surface area contributed by atoms with E-state index in [-0.39, 0.29) is 68.5 Å². The summed E-state index contributed by atoms with van der Waals surface area (Å²) in [7, 11) is 0. The average molecular weight is 1240 g/mol. The van der Waals surface area contributed by atoms with Crippen molar-refractivity contribution in [1.82, 2.24) is 35.4 Å². The Bertz CT molecular complexity index is 3890. The molecular formula is C67H69Cl2F4N9O6. The first kappa shape index (κ1) is 58.8. The zero-order valence-corrected chi connectivity index (χ0v) is 50.4. The van der Waals surface area contributed by atoms with Crippen LogP contribution in [-0.4, -0.2) is 133 Å². The van der Waals surface area contributed by atoms with Crippen molar-refractivity contribution in [2.75, 3.05) is 49.5 Å². The zero-order chi connectivity index (χ0) is 61.2. The standard InChI is InChI=1S/C34H38Cl2FN3O4.C33H31F3N6O2/c1-2-40-27(28(41)39-32-16-13-31(14-17-32,15-18-32)30(43)44)25(21-7-6-8-23(36)26(21)37)34(33(40)11-4-3-5-12-33)22-10-9-20(35)19-24(22)38-29(34)42;1-2-23-26(35)7-4-18-10-22(43)11-24(27(18)23)29-28(36)30-25(13-37-29)31(41-15-20-5-6-21(16-41)38-20)40-32(39-30)44-17-33-8-3-9-42(33)14-19(34)12-33/h6-10,19,25,27H,2-5,11-18H2,1H3,(H,38,42)(H,39,41)(H,43,44);1,4,7,10-11,13,19-21,38,43H,3,5-6,8-9,12,14-17H2. The third kappa shape index (κ3) is 9.13. The van der Waals surface area contributed by atoms with Crippen LogP contribution in [0.2, 0.25) is 10.0 Å². The fourth-order valence-corrected chi connectivity index (χ4v) is 18.3. The second-order valence-corrected chi connectivity index (χ2v) is 27.2. The van der Waals surface area contributed by atoms with Crippen LogP contribution in [0.15, 0.2) is 66.9 Å². The molecule has 9 fully saturated rings. The number of likely N-dealkylation sites (N-methyl/N-ethyl adjacent to an activating group) is 1. The number of carbonyl (C=O) groups excluding carboxylic acids is 2. The number of amides is 2. The Morgan fingerprint density at radius 2 is 1.65 bits per heavy atom. The van der Waals surface area contributed by atoms with E-state index in [1.165, 1.54) is 36.5 Å². The van der Waals surface area contributed by atoms with Gasteiger partial charge in [-0.1, -0.05) is 79.6 Å². The number of rotatable bonds is 10. The molecule has 88 heavy (non-hydrogen) atoms. The Hall–Kier alpha value is -6.82. The number of carbonyl (C=O) groups is 3. The Balaban J connectivity index is 0.000000155. The van der Waals surface area contributed by atoms with E-state index in [0.717, 1.165) is 57.1 Å². The summed E-state index contributed by atoms with van der Waals surface area (Å²) < 4.78 is 68.5. The van der Waals surface area contributed by atoms with Crippen LogP contribution in [0.25, 0.3) is 32.9 Å². The number of terminal acetylenes is 1. The highest BCUT2D eigenvalue weighted by Crippen LogP contribution is 2.67. The zero-order valence-electron chi connectivity index (χ0n) is 48.8. The van der Waals surface area contributed by atoms with Crippen molar-refractivity contribution in [1.29, 1.82) is 0 Å². The van der Waals surface area contributed by atoms with Crippen molar-refractivity contribution < 1.29 is 46.9 Å². The highest BCUT2D eigenvalue weighted by Gasteiger charge is 2.75. The van der Waals surface area contributed by atoms with Crippen LogP contribution < -0.4 is 25.6 Å². The summed E-state index contributed by atoms with van der Waals surface area (Å²) in [6.07, 6.45) is 18.0. The second kappa shape index (κ2) is 22.0. The Kier molecular flexibility index (Phi) is 14.7. The van der Waals surface area contributed by atoms with E-state index in [4.69, 9.17) is 39.3 Å². The number of carboxylic acid groups (broad SMARTS) is 1. The summed E-state index contributed by atoms with van der Waals surface area (Å²) in [5, 5.41) is 32.1. The molecule has 6 aliphatic heterocycles. The van der Waals surface area contributed by atoms with Gasteiger partial charge in [-0.3, -0.25) is 29.2 Å². The van der Waals surface area contributed by atoms with Gasteiger partial charge >= 0.3 is 12.0 Å². The number of likely N-dealkylation sites (tertiary alicyclic amines) is 1. The number of ether oxygens (including phenoxy) is 1.